The molecule has 158 valence electrons. The highest BCUT2D eigenvalue weighted by Crippen LogP contribution is 2.19. The van der Waals surface area contributed by atoms with Crippen LogP contribution in [0.25, 0.3) is 0 Å². The Morgan fingerprint density at radius 1 is 1.14 bits per heavy atom. The highest BCUT2D eigenvalue weighted by Gasteiger charge is 2.34. The van der Waals surface area contributed by atoms with Crippen LogP contribution in [-0.2, 0) is 21.9 Å². The number of quaternary nitrogens is 1. The Balaban J connectivity index is 1.62. The molecule has 1 aliphatic heterocycles. The first-order chi connectivity index (χ1) is 13.6. The summed E-state index contributed by atoms with van der Waals surface area (Å²) in [5, 5.41) is 7.32. The zero-order chi connectivity index (χ0) is 21.3. The van der Waals surface area contributed by atoms with Crippen molar-refractivity contribution >= 4 is 21.6 Å². The molecule has 3 rings (SSSR count). The minimum atomic E-state index is -3.50. The van der Waals surface area contributed by atoms with Crippen LogP contribution in [0.3, 0.4) is 0 Å². The summed E-state index contributed by atoms with van der Waals surface area (Å²) in [6.07, 6.45) is 0. The molecular weight excluding hydrogens is 390 g/mol. The van der Waals surface area contributed by atoms with Gasteiger partial charge < -0.3 is 10.2 Å². The van der Waals surface area contributed by atoms with Crippen LogP contribution in [0.5, 0.6) is 0 Å². The Bertz CT molecular complexity index is 990. The lowest BCUT2D eigenvalue weighted by Gasteiger charge is -2.34. The normalized spacial score (nSPS) is 17.3. The first-order valence-corrected chi connectivity index (χ1v) is 11.3. The maximum Gasteiger partial charge on any atom is 0.282 e. The number of sulfonamides is 1. The van der Waals surface area contributed by atoms with Gasteiger partial charge in [-0.2, -0.15) is 9.40 Å². The summed E-state index contributed by atoms with van der Waals surface area (Å²) in [5.74, 6) is -0.0750. The molecule has 2 heterocycles. The molecule has 1 amide bonds. The molecule has 0 saturated carbocycles. The van der Waals surface area contributed by atoms with E-state index in [0.717, 1.165) is 27.5 Å². The molecule has 0 radical (unpaired) electrons. The predicted molar refractivity (Wildman–Crippen MR) is 111 cm³/mol. The fraction of sp³-hybridized carbons (Fsp3) is 0.500. The molecule has 29 heavy (non-hydrogen) atoms. The maximum absolute atomic E-state index is 12.9. The van der Waals surface area contributed by atoms with Crippen molar-refractivity contribution in [3.8, 4) is 0 Å². The van der Waals surface area contributed by atoms with Crippen LogP contribution in [0.4, 0.5) is 5.69 Å². The number of aromatic nitrogens is 2. The molecule has 8 nitrogen and oxygen atoms in total. The summed E-state index contributed by atoms with van der Waals surface area (Å²) in [6.45, 7) is 9.57. The van der Waals surface area contributed by atoms with Crippen LogP contribution in [0, 0.1) is 20.8 Å². The van der Waals surface area contributed by atoms with E-state index in [1.807, 2.05) is 46.9 Å². The summed E-state index contributed by atoms with van der Waals surface area (Å²) in [6, 6.07) is 6.64. The molecule has 0 unspecified atom stereocenters. The number of aryl methyl sites for hydroxylation is 3. The largest absolute Gasteiger partial charge is 0.323 e. The number of nitrogens with one attached hydrogen (secondary N) is 2. The van der Waals surface area contributed by atoms with Crippen molar-refractivity contribution in [1.82, 2.24) is 14.1 Å². The number of carbonyl (C=O) groups excluding carboxylic acids is 1. The second kappa shape index (κ2) is 8.25. The van der Waals surface area contributed by atoms with Gasteiger partial charge in [0, 0.05) is 7.05 Å². The lowest BCUT2D eigenvalue weighted by Crippen LogP contribution is -3.19. The topological polar surface area (TPSA) is 88.7 Å². The van der Waals surface area contributed by atoms with Crippen LogP contribution in [-0.4, -0.2) is 60.6 Å². The molecule has 1 atom stereocenters. The van der Waals surface area contributed by atoms with Gasteiger partial charge in [-0.15, -0.1) is 0 Å². The maximum atomic E-state index is 12.9. The number of piperazine rings is 1. The van der Waals surface area contributed by atoms with Crippen molar-refractivity contribution in [2.75, 3.05) is 31.5 Å². The summed E-state index contributed by atoms with van der Waals surface area (Å²) < 4.78 is 29.0. The smallest absolute Gasteiger partial charge is 0.282 e. The molecule has 9 heteroatoms. The third-order valence-corrected chi connectivity index (χ3v) is 7.70. The van der Waals surface area contributed by atoms with E-state index in [2.05, 4.69) is 10.4 Å². The summed E-state index contributed by atoms with van der Waals surface area (Å²) in [7, 11) is -1.65. The Kier molecular flexibility index (Phi) is 6.11. The van der Waals surface area contributed by atoms with Gasteiger partial charge in [0.2, 0.25) is 10.0 Å². The molecule has 0 aliphatic carbocycles. The molecule has 1 saturated heterocycles. The minimum Gasteiger partial charge on any atom is -0.323 e. The van der Waals surface area contributed by atoms with E-state index in [0.29, 0.717) is 31.1 Å². The van der Waals surface area contributed by atoms with Crippen LogP contribution in [0.2, 0.25) is 0 Å². The lowest BCUT2D eigenvalue weighted by molar-refractivity contribution is -0.917. The zero-order valence-corrected chi connectivity index (χ0v) is 18.5. The van der Waals surface area contributed by atoms with Gasteiger partial charge in [-0.05, 0) is 39.8 Å². The van der Waals surface area contributed by atoms with Crippen molar-refractivity contribution in [1.29, 1.82) is 0 Å². The highest BCUT2D eigenvalue weighted by molar-refractivity contribution is 7.89. The third kappa shape index (κ3) is 4.36. The minimum absolute atomic E-state index is 0.0750. The fourth-order valence-corrected chi connectivity index (χ4v) is 5.12. The van der Waals surface area contributed by atoms with Crippen LogP contribution in [0.15, 0.2) is 29.2 Å². The first kappa shape index (κ1) is 21.5. The van der Waals surface area contributed by atoms with E-state index < -0.39 is 10.0 Å². The van der Waals surface area contributed by atoms with Gasteiger partial charge in [-0.3, -0.25) is 9.48 Å². The fourth-order valence-electron chi connectivity index (χ4n) is 3.68. The van der Waals surface area contributed by atoms with Crippen LogP contribution in [0.1, 0.15) is 23.9 Å². The van der Waals surface area contributed by atoms with Gasteiger partial charge in [-0.25, -0.2) is 8.42 Å². The SMILES string of the molecule is Cc1ccc(S(=O)(=O)N2CC[NH+]([C@@H](C)C(=O)Nc3c(C)nn(C)c3C)CC2)cc1. The lowest BCUT2D eigenvalue weighted by atomic mass is 10.2. The Morgan fingerprint density at radius 3 is 2.24 bits per heavy atom. The molecule has 1 aromatic carbocycles. The quantitative estimate of drug-likeness (QED) is 0.726. The standard InChI is InChI=1S/C20H29N5O3S/c1-14-6-8-18(9-7-14)29(27,28)25-12-10-24(11-13-25)17(4)20(26)21-19-15(2)22-23(5)16(19)3/h6-9,17H,10-13H2,1-5H3,(H,21,26)/p+1/t17-/m0/s1. The molecule has 0 bridgehead atoms. The second-order valence-electron chi connectivity index (χ2n) is 7.76. The zero-order valence-electron chi connectivity index (χ0n) is 17.7. The monoisotopic (exact) mass is 420 g/mol. The molecular formula is C20H30N5O3S+. The van der Waals surface area contributed by atoms with Crippen molar-refractivity contribution in [2.45, 2.75) is 38.6 Å². The van der Waals surface area contributed by atoms with Gasteiger partial charge >= 0.3 is 0 Å². The Morgan fingerprint density at radius 2 is 1.72 bits per heavy atom. The third-order valence-electron chi connectivity index (χ3n) is 5.79. The summed E-state index contributed by atoms with van der Waals surface area (Å²) in [4.78, 5) is 14.2. The predicted octanol–water partition coefficient (Wildman–Crippen LogP) is 0.262. The Hall–Kier alpha value is -2.23. The summed E-state index contributed by atoms with van der Waals surface area (Å²) in [5.41, 5.74) is 3.48. The molecule has 1 aromatic heterocycles. The van der Waals surface area contributed by atoms with Gasteiger partial charge in [0.1, 0.15) is 0 Å². The van der Waals surface area contributed by atoms with Gasteiger partial charge in [0.15, 0.2) is 6.04 Å². The van der Waals surface area contributed by atoms with E-state index >= 15 is 0 Å². The number of carbonyl (C=O) groups is 1. The molecule has 0 spiro atoms. The van der Waals surface area contributed by atoms with E-state index in [1.165, 1.54) is 4.31 Å². The Labute approximate surface area is 172 Å². The number of amides is 1. The van der Waals surface area contributed by atoms with Gasteiger partial charge in [0.05, 0.1) is 48.1 Å². The van der Waals surface area contributed by atoms with Crippen molar-refractivity contribution in [2.24, 2.45) is 7.05 Å². The first-order valence-electron chi connectivity index (χ1n) is 9.83. The number of nitrogens with zero attached hydrogens (tertiary/aromatic N) is 3. The van der Waals surface area contributed by atoms with Crippen molar-refractivity contribution < 1.29 is 18.1 Å². The molecule has 2 aromatic rings. The van der Waals surface area contributed by atoms with E-state index in [1.54, 1.807) is 16.8 Å². The second-order valence-corrected chi connectivity index (χ2v) is 9.69. The molecule has 1 fully saturated rings. The van der Waals surface area contributed by atoms with Crippen LogP contribution >= 0.6 is 0 Å². The van der Waals surface area contributed by atoms with Gasteiger partial charge in [0.25, 0.3) is 5.91 Å². The molecule has 2 N–H and O–H groups in total. The summed E-state index contributed by atoms with van der Waals surface area (Å²) >= 11 is 0. The number of hydrogen-bond acceptors (Lipinski definition) is 4. The number of rotatable bonds is 5. The van der Waals surface area contributed by atoms with Crippen LogP contribution < -0.4 is 10.2 Å². The number of hydrogen-bond donors (Lipinski definition) is 2. The van der Waals surface area contributed by atoms with E-state index in [-0.39, 0.29) is 11.9 Å². The molecule has 1 aliphatic rings. The van der Waals surface area contributed by atoms with Gasteiger partial charge in [-0.1, -0.05) is 17.7 Å². The van der Waals surface area contributed by atoms with Crippen molar-refractivity contribution in [3.63, 3.8) is 0 Å². The van der Waals surface area contributed by atoms with Crippen molar-refractivity contribution in [3.05, 3.63) is 41.2 Å². The highest BCUT2D eigenvalue weighted by atomic mass is 32.2. The average molecular weight is 421 g/mol. The average Bonchev–Trinajstić information content (AvgIpc) is 2.93. The number of benzene rings is 1. The van der Waals surface area contributed by atoms with E-state index in [9.17, 15) is 13.2 Å². The van der Waals surface area contributed by atoms with E-state index in [4.69, 9.17) is 0 Å². The number of anilines is 1.